The third-order valence-electron chi connectivity index (χ3n) is 6.86. The summed E-state index contributed by atoms with van der Waals surface area (Å²) in [7, 11) is 0. The van der Waals surface area contributed by atoms with Gasteiger partial charge in [0.1, 0.15) is 5.54 Å². The number of carbonyl (C=O) groups is 3. The number of nitrogens with one attached hydrogen (secondary N) is 2. The normalized spacial score (nSPS) is 23.6. The van der Waals surface area contributed by atoms with Crippen LogP contribution in [0.4, 0.5) is 10.5 Å². The highest BCUT2D eigenvalue weighted by Crippen LogP contribution is 2.31. The lowest BCUT2D eigenvalue weighted by atomic mass is 9.84. The Hall–Kier alpha value is -3.19. The molecule has 2 aliphatic rings. The van der Waals surface area contributed by atoms with Crippen molar-refractivity contribution in [2.45, 2.75) is 51.5 Å². The fourth-order valence-electron chi connectivity index (χ4n) is 4.69. The maximum Gasteiger partial charge on any atom is 0.326 e. The molecule has 0 aromatic heterocycles. The van der Waals surface area contributed by atoms with E-state index in [0.29, 0.717) is 6.54 Å². The summed E-state index contributed by atoms with van der Waals surface area (Å²) in [5, 5.41) is 5.86. The molecule has 0 bridgehead atoms. The molecule has 0 spiro atoms. The average molecular weight is 463 g/mol. The van der Waals surface area contributed by atoms with Crippen LogP contribution in [0.1, 0.15) is 51.7 Å². The Bertz CT molecular complexity index is 1060. The van der Waals surface area contributed by atoms with Gasteiger partial charge < -0.3 is 10.6 Å². The Balaban J connectivity index is 1.42. The van der Waals surface area contributed by atoms with Gasteiger partial charge in [-0.05, 0) is 55.0 Å². The number of likely N-dealkylation sites (tertiary alicyclic amines) is 1. The van der Waals surface area contributed by atoms with Crippen LogP contribution >= 0.6 is 0 Å². The molecule has 2 saturated heterocycles. The Morgan fingerprint density at radius 2 is 1.76 bits per heavy atom. The molecule has 0 radical (unpaired) electrons. The van der Waals surface area contributed by atoms with E-state index in [0.717, 1.165) is 30.6 Å². The molecule has 2 aromatic carbocycles. The van der Waals surface area contributed by atoms with Gasteiger partial charge in [0.05, 0.1) is 12.6 Å². The van der Waals surface area contributed by atoms with Crippen LogP contribution in [0.3, 0.4) is 0 Å². The molecule has 34 heavy (non-hydrogen) atoms. The van der Waals surface area contributed by atoms with Crippen molar-refractivity contribution < 1.29 is 14.4 Å². The molecule has 2 atom stereocenters. The lowest BCUT2D eigenvalue weighted by Gasteiger charge is -2.34. The molecule has 4 rings (SSSR count). The summed E-state index contributed by atoms with van der Waals surface area (Å²) in [6.07, 6.45) is 1.62. The van der Waals surface area contributed by atoms with Crippen LogP contribution in [0.2, 0.25) is 0 Å². The first kappa shape index (κ1) is 24.0. The summed E-state index contributed by atoms with van der Waals surface area (Å²) in [5.41, 5.74) is 1.60. The van der Waals surface area contributed by atoms with E-state index in [1.807, 2.05) is 59.5 Å². The zero-order valence-electron chi connectivity index (χ0n) is 20.4. The van der Waals surface area contributed by atoms with Crippen LogP contribution in [0, 0.1) is 5.92 Å². The topological polar surface area (TPSA) is 81.8 Å². The summed E-state index contributed by atoms with van der Waals surface area (Å²) < 4.78 is 0. The third kappa shape index (κ3) is 4.85. The number of para-hydroxylation sites is 1. The van der Waals surface area contributed by atoms with E-state index in [4.69, 9.17) is 0 Å². The lowest BCUT2D eigenvalue weighted by molar-refractivity contribution is -0.133. The monoisotopic (exact) mass is 462 g/mol. The summed E-state index contributed by atoms with van der Waals surface area (Å²) in [5.74, 6) is -0.486. The number of piperidine rings is 1. The molecule has 2 unspecified atom stereocenters. The van der Waals surface area contributed by atoms with Crippen LogP contribution < -0.4 is 10.6 Å². The van der Waals surface area contributed by atoms with Gasteiger partial charge in [-0.2, -0.15) is 0 Å². The SMILES string of the molecule is CC(C)(C)c1ccc(C2(C)NC(=O)N(CN3CCCC(C(=O)Nc4ccccc4)C3)C2=O)cc1. The minimum Gasteiger partial charge on any atom is -0.326 e. The van der Waals surface area contributed by atoms with Crippen LogP contribution in [0.25, 0.3) is 0 Å². The number of carbonyl (C=O) groups excluding carboxylic acids is 3. The van der Waals surface area contributed by atoms with Gasteiger partial charge in [0, 0.05) is 12.2 Å². The van der Waals surface area contributed by atoms with Crippen molar-refractivity contribution in [3.63, 3.8) is 0 Å². The number of rotatable bonds is 5. The van der Waals surface area contributed by atoms with Gasteiger partial charge in [0.15, 0.2) is 0 Å². The van der Waals surface area contributed by atoms with Crippen molar-refractivity contribution in [1.82, 2.24) is 15.1 Å². The number of hydrogen-bond acceptors (Lipinski definition) is 4. The van der Waals surface area contributed by atoms with Crippen LogP contribution in [-0.2, 0) is 20.5 Å². The van der Waals surface area contributed by atoms with Crippen molar-refractivity contribution in [2.75, 3.05) is 25.1 Å². The van der Waals surface area contributed by atoms with Crippen molar-refractivity contribution in [2.24, 2.45) is 5.92 Å². The molecule has 2 fully saturated rings. The highest BCUT2D eigenvalue weighted by molar-refractivity contribution is 6.07. The quantitative estimate of drug-likeness (QED) is 0.657. The van der Waals surface area contributed by atoms with Gasteiger partial charge >= 0.3 is 6.03 Å². The van der Waals surface area contributed by atoms with E-state index < -0.39 is 11.6 Å². The van der Waals surface area contributed by atoms with Gasteiger partial charge in [-0.25, -0.2) is 9.69 Å². The second-order valence-electron chi connectivity index (χ2n) is 10.5. The zero-order chi connectivity index (χ0) is 24.5. The van der Waals surface area contributed by atoms with E-state index in [-0.39, 0.29) is 29.8 Å². The first-order chi connectivity index (χ1) is 16.1. The minimum absolute atomic E-state index is 0.00596. The fraction of sp³-hybridized carbons (Fsp3) is 0.444. The molecule has 0 saturated carbocycles. The first-order valence-corrected chi connectivity index (χ1v) is 11.9. The maximum absolute atomic E-state index is 13.4. The summed E-state index contributed by atoms with van der Waals surface area (Å²) in [6.45, 7) is 9.59. The Morgan fingerprint density at radius 1 is 1.09 bits per heavy atom. The second-order valence-corrected chi connectivity index (χ2v) is 10.5. The molecular formula is C27H34N4O3. The van der Waals surface area contributed by atoms with Crippen LogP contribution in [0.5, 0.6) is 0 Å². The van der Waals surface area contributed by atoms with E-state index >= 15 is 0 Å². The average Bonchev–Trinajstić information content (AvgIpc) is 3.03. The van der Waals surface area contributed by atoms with Gasteiger partial charge in [-0.1, -0.05) is 63.2 Å². The molecule has 4 amide bonds. The predicted molar refractivity (Wildman–Crippen MR) is 132 cm³/mol. The number of benzene rings is 2. The molecular weight excluding hydrogens is 428 g/mol. The first-order valence-electron chi connectivity index (χ1n) is 11.9. The van der Waals surface area contributed by atoms with Crippen molar-refractivity contribution in [1.29, 1.82) is 0 Å². The van der Waals surface area contributed by atoms with Crippen LogP contribution in [-0.4, -0.2) is 47.4 Å². The van der Waals surface area contributed by atoms with Crippen molar-refractivity contribution >= 4 is 23.5 Å². The van der Waals surface area contributed by atoms with Crippen molar-refractivity contribution in [3.05, 3.63) is 65.7 Å². The second kappa shape index (κ2) is 9.22. The summed E-state index contributed by atoms with van der Waals surface area (Å²) in [4.78, 5) is 42.3. The number of anilines is 1. The predicted octanol–water partition coefficient (Wildman–Crippen LogP) is 4.06. The number of urea groups is 1. The van der Waals surface area contributed by atoms with E-state index in [9.17, 15) is 14.4 Å². The Labute approximate surface area is 201 Å². The van der Waals surface area contributed by atoms with Crippen molar-refractivity contribution in [3.8, 4) is 0 Å². The summed E-state index contributed by atoms with van der Waals surface area (Å²) >= 11 is 0. The Morgan fingerprint density at radius 3 is 2.41 bits per heavy atom. The van der Waals surface area contributed by atoms with E-state index in [2.05, 4.69) is 31.4 Å². The molecule has 2 aromatic rings. The molecule has 2 aliphatic heterocycles. The highest BCUT2D eigenvalue weighted by Gasteiger charge is 2.49. The maximum atomic E-state index is 13.4. The lowest BCUT2D eigenvalue weighted by Crippen LogP contribution is -2.48. The standard InChI is InChI=1S/C27H34N4O3/c1-26(2,3)20-12-14-21(15-13-20)27(4)24(33)31(25(34)29-27)18-30-16-8-9-19(17-30)23(32)28-22-10-6-5-7-11-22/h5-7,10-15,19H,8-9,16-18H2,1-4H3,(H,28,32)(H,29,34). The van der Waals surface area contributed by atoms with Gasteiger partial charge in [0.25, 0.3) is 5.91 Å². The van der Waals surface area contributed by atoms with Gasteiger partial charge in [-0.3, -0.25) is 14.5 Å². The van der Waals surface area contributed by atoms with Crippen LogP contribution in [0.15, 0.2) is 54.6 Å². The molecule has 7 nitrogen and oxygen atoms in total. The molecule has 2 heterocycles. The smallest absolute Gasteiger partial charge is 0.326 e. The number of hydrogen-bond donors (Lipinski definition) is 2. The Kier molecular flexibility index (Phi) is 6.49. The van der Waals surface area contributed by atoms with E-state index in [1.54, 1.807) is 6.92 Å². The molecule has 0 aliphatic carbocycles. The molecule has 2 N–H and O–H groups in total. The number of amides is 4. The molecule has 180 valence electrons. The number of nitrogens with zero attached hydrogens (tertiary/aromatic N) is 2. The highest BCUT2D eigenvalue weighted by atomic mass is 16.2. The minimum atomic E-state index is -1.10. The third-order valence-corrected chi connectivity index (χ3v) is 6.86. The van der Waals surface area contributed by atoms with Gasteiger partial charge in [0.2, 0.25) is 5.91 Å². The molecule has 7 heteroatoms. The fourth-order valence-corrected chi connectivity index (χ4v) is 4.69. The zero-order valence-corrected chi connectivity index (χ0v) is 20.4. The van der Waals surface area contributed by atoms with E-state index in [1.165, 1.54) is 10.5 Å². The largest absolute Gasteiger partial charge is 0.326 e. The summed E-state index contributed by atoms with van der Waals surface area (Å²) in [6, 6.07) is 16.9. The van der Waals surface area contributed by atoms with Gasteiger partial charge in [-0.15, -0.1) is 0 Å². The number of imide groups is 1.